The maximum atomic E-state index is 12.3. The monoisotopic (exact) mass is 511 g/mol. The molecule has 0 aliphatic carbocycles. The summed E-state index contributed by atoms with van der Waals surface area (Å²) in [4.78, 5) is 54.8. The van der Waals surface area contributed by atoms with E-state index in [4.69, 9.17) is 9.84 Å². The van der Waals surface area contributed by atoms with Crippen LogP contribution in [0.3, 0.4) is 0 Å². The lowest BCUT2D eigenvalue weighted by Gasteiger charge is -2.19. The highest BCUT2D eigenvalue weighted by molar-refractivity contribution is 7.14. The van der Waals surface area contributed by atoms with Crippen LogP contribution in [0.15, 0.2) is 10.8 Å². The van der Waals surface area contributed by atoms with Crippen LogP contribution < -0.4 is 16.0 Å². The highest BCUT2D eigenvalue weighted by Gasteiger charge is 2.16. The molecule has 2 aromatic heterocycles. The van der Waals surface area contributed by atoms with Gasteiger partial charge in [-0.15, -0.1) is 22.7 Å². The molecule has 186 valence electrons. The molecular formula is C21H29N5O6S2. The number of aliphatic carboxylic acids is 1. The van der Waals surface area contributed by atoms with Gasteiger partial charge in [0.25, 0.3) is 5.91 Å². The van der Waals surface area contributed by atoms with Crippen molar-refractivity contribution in [1.82, 2.24) is 25.9 Å². The third-order valence-corrected chi connectivity index (χ3v) is 5.82. The molecule has 0 saturated heterocycles. The molecule has 0 atom stereocenters. The lowest BCUT2D eigenvalue weighted by atomic mass is 10.2. The molecule has 11 nitrogen and oxygen atoms in total. The molecule has 0 fully saturated rings. The van der Waals surface area contributed by atoms with Crippen LogP contribution in [0.5, 0.6) is 0 Å². The molecule has 13 heteroatoms. The second-order valence-corrected chi connectivity index (χ2v) is 10.00. The summed E-state index contributed by atoms with van der Waals surface area (Å²) in [7, 11) is 0. The summed E-state index contributed by atoms with van der Waals surface area (Å²) in [6, 6.07) is 0. The maximum absolute atomic E-state index is 12.3. The van der Waals surface area contributed by atoms with Crippen LogP contribution in [0, 0.1) is 0 Å². The molecule has 2 heterocycles. The zero-order valence-electron chi connectivity index (χ0n) is 19.3. The summed E-state index contributed by atoms with van der Waals surface area (Å²) in [6.45, 7) is 6.47. The molecule has 0 aromatic carbocycles. The highest BCUT2D eigenvalue weighted by Crippen LogP contribution is 2.25. The molecule has 2 aromatic rings. The van der Waals surface area contributed by atoms with Crippen molar-refractivity contribution in [3.63, 3.8) is 0 Å². The van der Waals surface area contributed by atoms with E-state index >= 15 is 0 Å². The number of thiazole rings is 2. The van der Waals surface area contributed by atoms with Gasteiger partial charge in [0.1, 0.15) is 22.0 Å². The Kier molecular flexibility index (Phi) is 10.4. The first-order valence-electron chi connectivity index (χ1n) is 10.7. The molecule has 0 radical (unpaired) electrons. The number of amides is 3. The molecule has 3 amide bonds. The van der Waals surface area contributed by atoms with Gasteiger partial charge >= 0.3 is 12.1 Å². The Bertz CT molecular complexity index is 998. The van der Waals surface area contributed by atoms with E-state index in [2.05, 4.69) is 25.9 Å². The maximum Gasteiger partial charge on any atom is 0.407 e. The lowest BCUT2D eigenvalue weighted by Crippen LogP contribution is -2.34. The summed E-state index contributed by atoms with van der Waals surface area (Å²) >= 11 is 2.73. The Labute approximate surface area is 205 Å². The minimum atomic E-state index is -1.01. The Morgan fingerprint density at radius 2 is 1.71 bits per heavy atom. The Morgan fingerprint density at radius 3 is 2.41 bits per heavy atom. The fraction of sp³-hybridized carbons (Fsp3) is 0.524. The van der Waals surface area contributed by atoms with E-state index < -0.39 is 17.7 Å². The zero-order chi connectivity index (χ0) is 25.1. The van der Waals surface area contributed by atoms with Crippen molar-refractivity contribution >= 4 is 46.6 Å². The first-order chi connectivity index (χ1) is 16.0. The molecule has 0 saturated carbocycles. The van der Waals surface area contributed by atoms with Gasteiger partial charge in [-0.2, -0.15) is 0 Å². The van der Waals surface area contributed by atoms with Gasteiger partial charge in [0.15, 0.2) is 0 Å². The van der Waals surface area contributed by atoms with Crippen molar-refractivity contribution < 1.29 is 29.0 Å². The first-order valence-corrected chi connectivity index (χ1v) is 12.4. The topological polar surface area (TPSA) is 160 Å². The fourth-order valence-electron chi connectivity index (χ4n) is 2.52. The van der Waals surface area contributed by atoms with E-state index in [1.165, 1.54) is 22.7 Å². The summed E-state index contributed by atoms with van der Waals surface area (Å²) < 4.78 is 5.14. The molecule has 4 N–H and O–H groups in total. The van der Waals surface area contributed by atoms with Crippen LogP contribution in [-0.4, -0.2) is 64.2 Å². The van der Waals surface area contributed by atoms with Crippen molar-refractivity contribution in [2.75, 3.05) is 19.6 Å². The summed E-state index contributed by atoms with van der Waals surface area (Å²) in [6.07, 6.45) is 0.314. The van der Waals surface area contributed by atoms with Crippen molar-refractivity contribution in [1.29, 1.82) is 0 Å². The number of hydrogen-bond acceptors (Lipinski definition) is 9. The van der Waals surface area contributed by atoms with E-state index in [9.17, 15) is 19.2 Å². The quantitative estimate of drug-likeness (QED) is 0.316. The highest BCUT2D eigenvalue weighted by atomic mass is 32.1. The largest absolute Gasteiger partial charge is 0.481 e. The van der Waals surface area contributed by atoms with Crippen molar-refractivity contribution in [3.8, 4) is 10.7 Å². The number of aromatic nitrogens is 2. The van der Waals surface area contributed by atoms with Crippen molar-refractivity contribution in [2.24, 2.45) is 0 Å². The third-order valence-electron chi connectivity index (χ3n) is 4.04. The van der Waals surface area contributed by atoms with E-state index in [1.54, 1.807) is 26.2 Å². The molecule has 0 unspecified atom stereocenters. The summed E-state index contributed by atoms with van der Waals surface area (Å²) in [5.74, 6) is -1.62. The number of carboxylic acids is 1. The van der Waals surface area contributed by atoms with Crippen LogP contribution in [0.1, 0.15) is 55.5 Å². The molecule has 0 aliphatic heterocycles. The third kappa shape index (κ3) is 10.3. The number of ether oxygens (including phenoxy) is 1. The number of nitrogens with zero attached hydrogens (tertiary/aromatic N) is 2. The molecule has 0 aliphatic rings. The van der Waals surface area contributed by atoms with Gasteiger partial charge in [-0.1, -0.05) is 0 Å². The number of carboxylic acid groups (broad SMARTS) is 1. The predicted octanol–water partition coefficient (Wildman–Crippen LogP) is 2.43. The van der Waals surface area contributed by atoms with Crippen LogP contribution in [0.25, 0.3) is 10.7 Å². The number of alkyl carbamates (subject to hydrolysis) is 1. The van der Waals surface area contributed by atoms with Gasteiger partial charge in [0.2, 0.25) is 5.91 Å². The number of hydrogen-bond donors (Lipinski definition) is 4. The standard InChI is InChI=1S/C21H29N5O6S2/c1-21(2,3)32-20(31)24-9-4-8-23-18(30)13-11-34-19(26-13)14-12-33-16(25-14)7-10-22-15(27)5-6-17(28)29/h11-12H,4-10H2,1-3H3,(H,22,27)(H,23,30)(H,24,31)(H,28,29). The normalized spacial score (nSPS) is 11.0. The Morgan fingerprint density at radius 1 is 0.971 bits per heavy atom. The number of nitrogens with one attached hydrogen (secondary N) is 3. The minimum Gasteiger partial charge on any atom is -0.481 e. The first kappa shape index (κ1) is 27.2. The fourth-order valence-corrected chi connectivity index (χ4v) is 4.14. The molecule has 2 rings (SSSR count). The van der Waals surface area contributed by atoms with E-state index in [0.29, 0.717) is 48.9 Å². The second-order valence-electron chi connectivity index (χ2n) is 8.20. The average Bonchev–Trinajstić information content (AvgIpc) is 3.40. The van der Waals surface area contributed by atoms with E-state index in [-0.39, 0.29) is 24.7 Å². The summed E-state index contributed by atoms with van der Waals surface area (Å²) in [5, 5.41) is 21.6. The van der Waals surface area contributed by atoms with Crippen molar-refractivity contribution in [2.45, 2.75) is 52.1 Å². The van der Waals surface area contributed by atoms with Crippen LogP contribution in [0.2, 0.25) is 0 Å². The number of rotatable bonds is 12. The number of carbonyl (C=O) groups excluding carboxylic acids is 3. The van der Waals surface area contributed by atoms with Gasteiger partial charge in [0, 0.05) is 43.2 Å². The smallest absolute Gasteiger partial charge is 0.407 e. The van der Waals surface area contributed by atoms with Crippen molar-refractivity contribution in [3.05, 3.63) is 21.5 Å². The zero-order valence-corrected chi connectivity index (χ0v) is 20.9. The minimum absolute atomic E-state index is 0.0529. The van der Waals surface area contributed by atoms with E-state index in [0.717, 1.165) is 5.01 Å². The molecule has 34 heavy (non-hydrogen) atoms. The van der Waals surface area contributed by atoms with Crippen LogP contribution in [-0.2, 0) is 20.7 Å². The van der Waals surface area contributed by atoms with Gasteiger partial charge < -0.3 is 25.8 Å². The molecular weight excluding hydrogens is 482 g/mol. The predicted molar refractivity (Wildman–Crippen MR) is 128 cm³/mol. The van der Waals surface area contributed by atoms with Crippen LogP contribution in [0.4, 0.5) is 4.79 Å². The van der Waals surface area contributed by atoms with Gasteiger partial charge in [0.05, 0.1) is 11.4 Å². The summed E-state index contributed by atoms with van der Waals surface area (Å²) in [5.41, 5.74) is 0.390. The van der Waals surface area contributed by atoms with Gasteiger partial charge in [-0.05, 0) is 27.2 Å². The number of carbonyl (C=O) groups is 4. The van der Waals surface area contributed by atoms with Gasteiger partial charge in [-0.25, -0.2) is 14.8 Å². The lowest BCUT2D eigenvalue weighted by molar-refractivity contribution is -0.138. The SMILES string of the molecule is CC(C)(C)OC(=O)NCCCNC(=O)c1csc(-c2csc(CCNC(=O)CCC(=O)O)n2)n1. The Hall–Kier alpha value is -3.06. The average molecular weight is 512 g/mol. The van der Waals surface area contributed by atoms with Gasteiger partial charge in [-0.3, -0.25) is 14.4 Å². The van der Waals surface area contributed by atoms with Crippen LogP contribution >= 0.6 is 22.7 Å². The van der Waals surface area contributed by atoms with E-state index in [1.807, 2.05) is 5.38 Å². The second kappa shape index (κ2) is 13.0. The molecule has 0 bridgehead atoms. The molecule has 0 spiro atoms. The Balaban J connectivity index is 1.72.